The van der Waals surface area contributed by atoms with Crippen LogP contribution in [0.4, 0.5) is 0 Å². The van der Waals surface area contributed by atoms with Crippen molar-refractivity contribution in [2.45, 2.75) is 41.4 Å². The second-order valence-electron chi connectivity index (χ2n) is 6.42. The topological polar surface area (TPSA) is 3.24 Å². The normalized spacial score (nSPS) is 17.9. The second-order valence-corrected chi connectivity index (χ2v) is 7.51. The summed E-state index contributed by atoms with van der Waals surface area (Å²) in [6.45, 7) is 3.83. The van der Waals surface area contributed by atoms with E-state index in [2.05, 4.69) is 53.4 Å². The van der Waals surface area contributed by atoms with Crippen LogP contribution in [0.1, 0.15) is 42.7 Å². The van der Waals surface area contributed by atoms with Crippen molar-refractivity contribution in [1.82, 2.24) is 4.90 Å². The van der Waals surface area contributed by atoms with E-state index in [1.165, 1.54) is 66.2 Å². The fourth-order valence-electron chi connectivity index (χ4n) is 3.81. The van der Waals surface area contributed by atoms with Crippen molar-refractivity contribution < 1.29 is 0 Å². The van der Waals surface area contributed by atoms with Gasteiger partial charge in [-0.2, -0.15) is 0 Å². The van der Waals surface area contributed by atoms with E-state index in [9.17, 15) is 0 Å². The first-order valence-corrected chi connectivity index (χ1v) is 9.31. The minimum atomic E-state index is 0. The van der Waals surface area contributed by atoms with Gasteiger partial charge in [0.25, 0.3) is 0 Å². The maximum Gasteiger partial charge on any atom is 0.0160 e. The van der Waals surface area contributed by atoms with E-state index < -0.39 is 0 Å². The Bertz CT molecular complexity index is 606. The molecule has 2 aliphatic heterocycles. The molecule has 23 heavy (non-hydrogen) atoms. The van der Waals surface area contributed by atoms with Crippen LogP contribution in [0, 0.1) is 0 Å². The maximum absolute atomic E-state index is 2.66. The standard InChI is InChI=1S/C20H23NS.ClH/c1-6-13-21(14-7-1)15-12-16-17-8-2-4-10-19(17)22-20-11-5-3-9-18(16)20;/h2-5,8-11,16H,1,6-7,12-15H2;1H. The van der Waals surface area contributed by atoms with Crippen LogP contribution in [0.25, 0.3) is 0 Å². The molecular weight excluding hydrogens is 322 g/mol. The molecule has 2 heterocycles. The molecule has 1 fully saturated rings. The van der Waals surface area contributed by atoms with Crippen LogP contribution in [0.5, 0.6) is 0 Å². The molecular formula is C20H24ClNS. The molecule has 0 unspecified atom stereocenters. The number of hydrogen-bond acceptors (Lipinski definition) is 2. The van der Waals surface area contributed by atoms with Crippen molar-refractivity contribution in [1.29, 1.82) is 0 Å². The lowest BCUT2D eigenvalue weighted by Crippen LogP contribution is -2.31. The Morgan fingerprint density at radius 1 is 0.826 bits per heavy atom. The molecule has 2 aromatic rings. The Balaban J connectivity index is 0.00000156. The van der Waals surface area contributed by atoms with Gasteiger partial charge in [0.2, 0.25) is 0 Å². The molecule has 2 aliphatic rings. The number of likely N-dealkylation sites (tertiary alicyclic amines) is 1. The van der Waals surface area contributed by atoms with E-state index >= 15 is 0 Å². The van der Waals surface area contributed by atoms with Gasteiger partial charge in [-0.3, -0.25) is 0 Å². The van der Waals surface area contributed by atoms with E-state index in [-0.39, 0.29) is 12.4 Å². The van der Waals surface area contributed by atoms with Gasteiger partial charge in [-0.25, -0.2) is 0 Å². The zero-order valence-corrected chi connectivity index (χ0v) is 15.0. The van der Waals surface area contributed by atoms with Crippen molar-refractivity contribution in [2.75, 3.05) is 19.6 Å². The average molecular weight is 346 g/mol. The van der Waals surface area contributed by atoms with E-state index in [0.29, 0.717) is 5.92 Å². The molecule has 3 heteroatoms. The summed E-state index contributed by atoms with van der Waals surface area (Å²) in [4.78, 5) is 5.56. The van der Waals surface area contributed by atoms with Crippen LogP contribution in [-0.4, -0.2) is 24.5 Å². The first-order chi connectivity index (χ1) is 10.9. The third-order valence-electron chi connectivity index (χ3n) is 4.99. The Morgan fingerprint density at radius 3 is 2.00 bits per heavy atom. The van der Waals surface area contributed by atoms with E-state index in [1.54, 1.807) is 0 Å². The number of hydrogen-bond donors (Lipinski definition) is 0. The lowest BCUT2D eigenvalue weighted by atomic mass is 9.87. The van der Waals surface area contributed by atoms with E-state index in [0.717, 1.165) is 0 Å². The number of piperidine rings is 1. The number of nitrogens with zero attached hydrogens (tertiary/aromatic N) is 1. The van der Waals surface area contributed by atoms with Crippen molar-refractivity contribution in [3.05, 3.63) is 59.7 Å². The van der Waals surface area contributed by atoms with Crippen molar-refractivity contribution >= 4 is 24.2 Å². The summed E-state index contributed by atoms with van der Waals surface area (Å²) in [5, 5.41) is 0. The molecule has 0 saturated carbocycles. The van der Waals surface area contributed by atoms with Gasteiger partial charge in [-0.05, 0) is 62.2 Å². The molecule has 0 atom stereocenters. The molecule has 4 rings (SSSR count). The van der Waals surface area contributed by atoms with Crippen LogP contribution < -0.4 is 0 Å². The summed E-state index contributed by atoms with van der Waals surface area (Å²) >= 11 is 1.93. The van der Waals surface area contributed by atoms with Crippen molar-refractivity contribution in [3.8, 4) is 0 Å². The van der Waals surface area contributed by atoms with Gasteiger partial charge in [0.1, 0.15) is 0 Å². The van der Waals surface area contributed by atoms with Crippen LogP contribution >= 0.6 is 24.2 Å². The van der Waals surface area contributed by atoms with E-state index in [4.69, 9.17) is 0 Å². The highest BCUT2D eigenvalue weighted by atomic mass is 35.5. The Morgan fingerprint density at radius 2 is 1.39 bits per heavy atom. The van der Waals surface area contributed by atoms with Gasteiger partial charge in [0.05, 0.1) is 0 Å². The lowest BCUT2D eigenvalue weighted by molar-refractivity contribution is 0.223. The number of fused-ring (bicyclic) bond motifs is 2. The highest BCUT2D eigenvalue weighted by Gasteiger charge is 2.26. The average Bonchev–Trinajstić information content (AvgIpc) is 2.59. The third-order valence-corrected chi connectivity index (χ3v) is 6.17. The highest BCUT2D eigenvalue weighted by Crippen LogP contribution is 2.46. The van der Waals surface area contributed by atoms with Crippen LogP contribution in [0.2, 0.25) is 0 Å². The monoisotopic (exact) mass is 345 g/mol. The molecule has 0 bridgehead atoms. The molecule has 0 aliphatic carbocycles. The first kappa shape index (κ1) is 16.9. The molecule has 0 N–H and O–H groups in total. The zero-order valence-electron chi connectivity index (χ0n) is 13.4. The summed E-state index contributed by atoms with van der Waals surface area (Å²) in [6.07, 6.45) is 5.43. The van der Waals surface area contributed by atoms with Crippen molar-refractivity contribution in [3.63, 3.8) is 0 Å². The molecule has 0 aromatic heterocycles. The summed E-state index contributed by atoms with van der Waals surface area (Å²) in [5.41, 5.74) is 3.06. The SMILES string of the molecule is Cl.c1ccc2c(c1)Sc1ccccc1C2CCN1CCCCC1. The fraction of sp³-hybridized carbons (Fsp3) is 0.400. The molecule has 1 saturated heterocycles. The first-order valence-electron chi connectivity index (χ1n) is 8.50. The molecule has 0 amide bonds. The number of rotatable bonds is 3. The fourth-order valence-corrected chi connectivity index (χ4v) is 5.00. The largest absolute Gasteiger partial charge is 0.303 e. The molecule has 0 radical (unpaired) electrons. The van der Waals surface area contributed by atoms with Crippen LogP contribution in [0.3, 0.4) is 0 Å². The zero-order chi connectivity index (χ0) is 14.8. The van der Waals surface area contributed by atoms with Gasteiger partial charge in [-0.15, -0.1) is 12.4 Å². The summed E-state index contributed by atoms with van der Waals surface area (Å²) in [5.74, 6) is 0.565. The predicted molar refractivity (Wildman–Crippen MR) is 101 cm³/mol. The van der Waals surface area contributed by atoms with Crippen LogP contribution in [-0.2, 0) is 0 Å². The molecule has 1 nitrogen and oxygen atoms in total. The highest BCUT2D eigenvalue weighted by molar-refractivity contribution is 7.99. The predicted octanol–water partition coefficient (Wildman–Crippen LogP) is 5.58. The van der Waals surface area contributed by atoms with Gasteiger partial charge < -0.3 is 4.90 Å². The number of benzene rings is 2. The summed E-state index contributed by atoms with van der Waals surface area (Å²) < 4.78 is 0. The molecule has 122 valence electrons. The molecule has 0 spiro atoms. The smallest absolute Gasteiger partial charge is 0.0160 e. The summed E-state index contributed by atoms with van der Waals surface area (Å²) in [6, 6.07) is 18.0. The number of halogens is 1. The molecule has 2 aromatic carbocycles. The Kier molecular flexibility index (Phi) is 5.68. The quantitative estimate of drug-likeness (QED) is 0.714. The Hall–Kier alpha value is -0.960. The Labute approximate surface area is 149 Å². The van der Waals surface area contributed by atoms with Crippen LogP contribution in [0.15, 0.2) is 58.3 Å². The van der Waals surface area contributed by atoms with Crippen molar-refractivity contribution in [2.24, 2.45) is 0 Å². The van der Waals surface area contributed by atoms with Gasteiger partial charge in [0, 0.05) is 15.7 Å². The summed E-state index contributed by atoms with van der Waals surface area (Å²) in [7, 11) is 0. The maximum atomic E-state index is 2.66. The van der Waals surface area contributed by atoms with Gasteiger partial charge in [0.15, 0.2) is 0 Å². The third kappa shape index (κ3) is 3.60. The second kappa shape index (κ2) is 7.74. The minimum absolute atomic E-state index is 0. The lowest BCUT2D eigenvalue weighted by Gasteiger charge is -2.31. The van der Waals surface area contributed by atoms with E-state index in [1.807, 2.05) is 11.8 Å². The minimum Gasteiger partial charge on any atom is -0.303 e. The van der Waals surface area contributed by atoms with Gasteiger partial charge in [-0.1, -0.05) is 54.6 Å². The van der Waals surface area contributed by atoms with Gasteiger partial charge >= 0.3 is 0 Å².